The zero-order valence-electron chi connectivity index (χ0n) is 21.6. The monoisotopic (exact) mass is 609 g/mol. The van der Waals surface area contributed by atoms with E-state index in [1.54, 1.807) is 0 Å². The Morgan fingerprint density at radius 2 is 1.26 bits per heavy atom. The number of carbonyl (C=O) groups excluding carboxylic acids is 1. The second kappa shape index (κ2) is 12.4. The van der Waals surface area contributed by atoms with Crippen molar-refractivity contribution in [2.45, 2.75) is 25.2 Å². The molecule has 15 heteroatoms. The van der Waals surface area contributed by atoms with E-state index >= 15 is 0 Å². The molecule has 0 atom stereocenters. The first kappa shape index (κ1) is 30.9. The molecule has 3 N–H and O–H groups in total. The fourth-order valence-corrected chi connectivity index (χ4v) is 3.92. The maximum Gasteiger partial charge on any atom is 0.418 e. The van der Waals surface area contributed by atoms with Gasteiger partial charge in [-0.15, -0.1) is 0 Å². The number of nitrogens with one attached hydrogen (secondary N) is 2. The number of ketones is 1. The van der Waals surface area contributed by atoms with E-state index in [9.17, 15) is 45.1 Å². The van der Waals surface area contributed by atoms with Crippen molar-refractivity contribution in [1.29, 1.82) is 0 Å². The van der Waals surface area contributed by atoms with Crippen LogP contribution in [0.1, 0.15) is 33.7 Å². The van der Waals surface area contributed by atoms with Crippen molar-refractivity contribution in [2.24, 2.45) is 5.16 Å². The molecule has 0 saturated heterocycles. The Labute approximate surface area is 237 Å². The molecule has 2 aromatic heterocycles. The molecular weight excluding hydrogens is 590 g/mol. The van der Waals surface area contributed by atoms with Gasteiger partial charge in [-0.2, -0.15) is 26.3 Å². The summed E-state index contributed by atoms with van der Waals surface area (Å²) in [4.78, 5) is 20.6. The molecule has 0 amide bonds. The van der Waals surface area contributed by atoms with Crippen LogP contribution in [-0.2, 0) is 18.8 Å². The molecule has 0 fully saturated rings. The molecule has 0 unspecified atom stereocenters. The molecule has 7 nitrogen and oxygen atoms in total. The number of pyridine rings is 2. The van der Waals surface area contributed by atoms with Gasteiger partial charge in [-0.1, -0.05) is 17.3 Å². The van der Waals surface area contributed by atoms with E-state index < -0.39 is 58.7 Å². The van der Waals surface area contributed by atoms with Gasteiger partial charge < -0.3 is 15.8 Å². The lowest BCUT2D eigenvalue weighted by Gasteiger charge is -2.15. The SMILES string of the molecule is O=C(CC(Cc1ccc(Nc2c(F)cccc2C(F)(F)F)cn1)=NO)c1ccc(Nc2c(F)cccc2C(F)(F)F)cn1. The summed E-state index contributed by atoms with van der Waals surface area (Å²) in [6.45, 7) is 0. The summed E-state index contributed by atoms with van der Waals surface area (Å²) in [6.07, 6.45) is -8.06. The van der Waals surface area contributed by atoms with Crippen LogP contribution in [0.5, 0.6) is 0 Å². The van der Waals surface area contributed by atoms with Gasteiger partial charge in [-0.3, -0.25) is 14.8 Å². The number of alkyl halides is 6. The van der Waals surface area contributed by atoms with Gasteiger partial charge in [0.15, 0.2) is 5.78 Å². The Morgan fingerprint density at radius 3 is 1.67 bits per heavy atom. The minimum Gasteiger partial charge on any atom is -0.411 e. The van der Waals surface area contributed by atoms with Gasteiger partial charge in [-0.05, 0) is 48.5 Å². The minimum atomic E-state index is -4.82. The van der Waals surface area contributed by atoms with Crippen molar-refractivity contribution in [3.63, 3.8) is 0 Å². The molecule has 2 heterocycles. The minimum absolute atomic E-state index is 0.0289. The number of para-hydroxylation sites is 2. The first-order valence-corrected chi connectivity index (χ1v) is 12.2. The molecule has 224 valence electrons. The quantitative estimate of drug-likeness (QED) is 0.0586. The van der Waals surface area contributed by atoms with Gasteiger partial charge in [0.05, 0.1) is 58.4 Å². The number of rotatable bonds is 9. The summed E-state index contributed by atoms with van der Waals surface area (Å²) in [5.74, 6) is -2.89. The molecule has 2 aromatic carbocycles. The van der Waals surface area contributed by atoms with Crippen LogP contribution < -0.4 is 10.6 Å². The summed E-state index contributed by atoms with van der Waals surface area (Å²) in [7, 11) is 0. The fourth-order valence-electron chi connectivity index (χ4n) is 3.92. The number of carbonyl (C=O) groups is 1. The Morgan fingerprint density at radius 1 is 0.744 bits per heavy atom. The number of anilines is 4. The van der Waals surface area contributed by atoms with Crippen LogP contribution in [-0.4, -0.2) is 26.7 Å². The van der Waals surface area contributed by atoms with Crippen LogP contribution >= 0.6 is 0 Å². The van der Waals surface area contributed by atoms with Crippen LogP contribution in [0.4, 0.5) is 57.9 Å². The summed E-state index contributed by atoms with van der Waals surface area (Å²) in [6, 6.07) is 10.1. The van der Waals surface area contributed by atoms with E-state index in [-0.39, 0.29) is 34.9 Å². The standard InChI is InChI=1S/C28H19F8N5O2/c29-21-5-1-3-19(27(31,32)33)25(21)39-16-8-7-15(37-13-16)11-18(41-43)12-24(42)23-10-9-17(14-38-23)40-26-20(28(34,35)36)4-2-6-22(26)30/h1-10,13-14,39-40,43H,11-12H2. The molecule has 0 radical (unpaired) electrons. The Hall–Kier alpha value is -5.08. The number of hydrogen-bond donors (Lipinski definition) is 3. The number of benzene rings is 2. The average molecular weight is 609 g/mol. The highest BCUT2D eigenvalue weighted by Gasteiger charge is 2.35. The molecule has 0 spiro atoms. The molecule has 4 rings (SSSR count). The smallest absolute Gasteiger partial charge is 0.411 e. The molecule has 0 aliphatic heterocycles. The van der Waals surface area contributed by atoms with Gasteiger partial charge in [0.2, 0.25) is 0 Å². The lowest BCUT2D eigenvalue weighted by Crippen LogP contribution is -2.14. The van der Waals surface area contributed by atoms with Gasteiger partial charge >= 0.3 is 12.4 Å². The van der Waals surface area contributed by atoms with E-state index in [0.717, 1.165) is 42.7 Å². The van der Waals surface area contributed by atoms with E-state index in [1.807, 2.05) is 0 Å². The lowest BCUT2D eigenvalue weighted by molar-refractivity contribution is -0.137. The number of nitrogens with zero attached hydrogens (tertiary/aromatic N) is 3. The second-order valence-corrected chi connectivity index (χ2v) is 8.98. The highest BCUT2D eigenvalue weighted by atomic mass is 19.4. The van der Waals surface area contributed by atoms with Crippen molar-refractivity contribution >= 4 is 34.2 Å². The molecule has 0 aliphatic rings. The second-order valence-electron chi connectivity index (χ2n) is 8.98. The van der Waals surface area contributed by atoms with E-state index in [1.165, 1.54) is 24.3 Å². The molecule has 4 aromatic rings. The fraction of sp³-hybridized carbons (Fsp3) is 0.143. The Bertz CT molecular complexity index is 1640. The predicted molar refractivity (Wildman–Crippen MR) is 140 cm³/mol. The molecule has 0 saturated carbocycles. The lowest BCUT2D eigenvalue weighted by atomic mass is 10.1. The highest BCUT2D eigenvalue weighted by Crippen LogP contribution is 2.38. The number of Topliss-reactive ketones (excluding diaryl/α,β-unsaturated/α-hetero) is 1. The Kier molecular flexibility index (Phi) is 8.92. The largest absolute Gasteiger partial charge is 0.418 e. The third-order valence-corrected chi connectivity index (χ3v) is 5.94. The first-order chi connectivity index (χ1) is 20.3. The first-order valence-electron chi connectivity index (χ1n) is 12.2. The number of aromatic nitrogens is 2. The van der Waals surface area contributed by atoms with Gasteiger partial charge in [-0.25, -0.2) is 8.78 Å². The van der Waals surface area contributed by atoms with Crippen LogP contribution in [0, 0.1) is 11.6 Å². The van der Waals surface area contributed by atoms with Crippen LogP contribution in [0.15, 0.2) is 78.2 Å². The highest BCUT2D eigenvalue weighted by molar-refractivity contribution is 6.09. The van der Waals surface area contributed by atoms with Crippen molar-refractivity contribution in [3.05, 3.63) is 107 Å². The summed E-state index contributed by atoms with van der Waals surface area (Å²) in [5, 5.41) is 17.1. The zero-order valence-corrected chi connectivity index (χ0v) is 21.6. The third kappa shape index (κ3) is 7.61. The summed E-state index contributed by atoms with van der Waals surface area (Å²) >= 11 is 0. The van der Waals surface area contributed by atoms with Crippen molar-refractivity contribution in [3.8, 4) is 0 Å². The maximum absolute atomic E-state index is 14.1. The molecule has 43 heavy (non-hydrogen) atoms. The third-order valence-electron chi connectivity index (χ3n) is 5.94. The molecule has 0 bridgehead atoms. The topological polar surface area (TPSA) is 99.5 Å². The molecular formula is C28H19F8N5O2. The normalized spacial score (nSPS) is 12.2. The summed E-state index contributed by atoms with van der Waals surface area (Å²) < 4.78 is 108. The maximum atomic E-state index is 14.1. The molecule has 0 aliphatic carbocycles. The van der Waals surface area contributed by atoms with Crippen LogP contribution in [0.3, 0.4) is 0 Å². The van der Waals surface area contributed by atoms with Gasteiger partial charge in [0.1, 0.15) is 17.3 Å². The average Bonchev–Trinajstić information content (AvgIpc) is 2.95. The van der Waals surface area contributed by atoms with Crippen molar-refractivity contribution in [1.82, 2.24) is 9.97 Å². The number of hydrogen-bond acceptors (Lipinski definition) is 7. The van der Waals surface area contributed by atoms with Crippen molar-refractivity contribution < 1.29 is 45.1 Å². The van der Waals surface area contributed by atoms with Crippen LogP contribution in [0.2, 0.25) is 0 Å². The Balaban J connectivity index is 1.40. The van der Waals surface area contributed by atoms with Gasteiger partial charge in [0, 0.05) is 12.1 Å². The predicted octanol–water partition coefficient (Wildman–Crippen LogP) is 7.93. The van der Waals surface area contributed by atoms with E-state index in [0.29, 0.717) is 6.07 Å². The number of halogens is 8. The van der Waals surface area contributed by atoms with E-state index in [4.69, 9.17) is 0 Å². The van der Waals surface area contributed by atoms with Crippen molar-refractivity contribution in [2.75, 3.05) is 10.6 Å². The number of oxime groups is 1. The van der Waals surface area contributed by atoms with Crippen LogP contribution in [0.25, 0.3) is 0 Å². The van der Waals surface area contributed by atoms with E-state index in [2.05, 4.69) is 25.8 Å². The summed E-state index contributed by atoms with van der Waals surface area (Å²) in [5.41, 5.74) is -3.95. The van der Waals surface area contributed by atoms with Gasteiger partial charge in [0.25, 0.3) is 0 Å². The zero-order chi connectivity index (χ0) is 31.4.